The van der Waals surface area contributed by atoms with Crippen molar-refractivity contribution in [3.8, 4) is 0 Å². The molecule has 18 heavy (non-hydrogen) atoms. The first-order chi connectivity index (χ1) is 8.58. The zero-order chi connectivity index (χ0) is 13.1. The Bertz CT molecular complexity index is 349. The van der Waals surface area contributed by atoms with E-state index < -0.39 is 0 Å². The van der Waals surface area contributed by atoms with Crippen LogP contribution in [0.25, 0.3) is 0 Å². The van der Waals surface area contributed by atoms with Crippen molar-refractivity contribution >= 4 is 11.3 Å². The fraction of sp³-hybridized carbons (Fsp3) is 0.733. The number of rotatable bonds is 4. The Kier molecular flexibility index (Phi) is 4.82. The van der Waals surface area contributed by atoms with Crippen molar-refractivity contribution in [1.82, 2.24) is 4.90 Å². The van der Waals surface area contributed by atoms with Crippen LogP contribution >= 0.6 is 11.3 Å². The number of hydrogen-bond donors (Lipinski definition) is 1. The van der Waals surface area contributed by atoms with Crippen molar-refractivity contribution in [2.75, 3.05) is 13.6 Å². The van der Waals surface area contributed by atoms with Gasteiger partial charge in [0.2, 0.25) is 0 Å². The maximum Gasteiger partial charge on any atom is 0.0410 e. The van der Waals surface area contributed by atoms with E-state index >= 15 is 0 Å². The van der Waals surface area contributed by atoms with Gasteiger partial charge in [0, 0.05) is 23.5 Å². The van der Waals surface area contributed by atoms with Gasteiger partial charge in [-0.2, -0.15) is 0 Å². The highest BCUT2D eigenvalue weighted by atomic mass is 32.1. The largest absolute Gasteiger partial charge is 0.327 e. The molecule has 1 aromatic heterocycles. The van der Waals surface area contributed by atoms with Crippen molar-refractivity contribution < 1.29 is 0 Å². The van der Waals surface area contributed by atoms with Crippen LogP contribution in [0.15, 0.2) is 17.5 Å². The van der Waals surface area contributed by atoms with Gasteiger partial charge in [-0.25, -0.2) is 0 Å². The third kappa shape index (κ3) is 3.34. The van der Waals surface area contributed by atoms with E-state index in [1.54, 1.807) is 0 Å². The third-order valence-electron chi connectivity index (χ3n) is 4.44. The second-order valence-electron chi connectivity index (χ2n) is 5.97. The first-order valence-corrected chi connectivity index (χ1v) is 7.95. The Balaban J connectivity index is 1.91. The third-order valence-corrected chi connectivity index (χ3v) is 5.48. The molecule has 0 saturated heterocycles. The quantitative estimate of drug-likeness (QED) is 0.903. The summed E-state index contributed by atoms with van der Waals surface area (Å²) in [5, 5.41) is 2.16. The molecule has 0 aromatic carbocycles. The highest BCUT2D eigenvalue weighted by Gasteiger charge is 2.28. The SMILES string of the molecule is CC1CCC(N)C(CN(C)C(C)c2cccs2)C1. The minimum Gasteiger partial charge on any atom is -0.327 e. The molecule has 1 aliphatic rings. The van der Waals surface area contributed by atoms with Crippen LogP contribution in [0.2, 0.25) is 0 Å². The predicted octanol–water partition coefficient (Wildman–Crippen LogP) is 3.50. The van der Waals surface area contributed by atoms with Crippen LogP contribution in [-0.2, 0) is 0 Å². The molecule has 0 bridgehead atoms. The van der Waals surface area contributed by atoms with Crippen LogP contribution in [0.3, 0.4) is 0 Å². The van der Waals surface area contributed by atoms with Crippen LogP contribution < -0.4 is 5.73 Å². The van der Waals surface area contributed by atoms with Gasteiger partial charge in [0.05, 0.1) is 0 Å². The number of nitrogens with zero attached hydrogens (tertiary/aromatic N) is 1. The van der Waals surface area contributed by atoms with Gasteiger partial charge >= 0.3 is 0 Å². The van der Waals surface area contributed by atoms with Crippen LogP contribution in [0.4, 0.5) is 0 Å². The molecule has 0 spiro atoms. The van der Waals surface area contributed by atoms with E-state index in [-0.39, 0.29) is 0 Å². The fourth-order valence-electron chi connectivity index (χ4n) is 3.01. The molecule has 0 aliphatic heterocycles. The molecule has 2 rings (SSSR count). The molecule has 102 valence electrons. The van der Waals surface area contributed by atoms with E-state index in [2.05, 4.69) is 43.3 Å². The van der Waals surface area contributed by atoms with Gasteiger partial charge in [-0.3, -0.25) is 4.90 Å². The smallest absolute Gasteiger partial charge is 0.0410 e. The van der Waals surface area contributed by atoms with Gasteiger partial charge in [-0.05, 0) is 56.5 Å². The molecule has 0 amide bonds. The van der Waals surface area contributed by atoms with Gasteiger partial charge in [-0.1, -0.05) is 13.0 Å². The van der Waals surface area contributed by atoms with E-state index in [1.807, 2.05) is 11.3 Å². The highest BCUT2D eigenvalue weighted by molar-refractivity contribution is 7.10. The minimum absolute atomic E-state index is 0.402. The average Bonchev–Trinajstić information content (AvgIpc) is 2.86. The molecule has 2 nitrogen and oxygen atoms in total. The molecule has 1 aliphatic carbocycles. The number of hydrogen-bond acceptors (Lipinski definition) is 3. The van der Waals surface area contributed by atoms with Gasteiger partial charge < -0.3 is 5.73 Å². The lowest BCUT2D eigenvalue weighted by Gasteiger charge is -2.36. The summed E-state index contributed by atoms with van der Waals surface area (Å²) in [4.78, 5) is 3.92. The molecule has 1 fully saturated rings. The molecule has 2 N–H and O–H groups in total. The summed E-state index contributed by atoms with van der Waals surface area (Å²) in [6.07, 6.45) is 3.80. The van der Waals surface area contributed by atoms with Crippen LogP contribution in [0.5, 0.6) is 0 Å². The van der Waals surface area contributed by atoms with Crippen molar-refractivity contribution in [2.45, 2.75) is 45.2 Å². The summed E-state index contributed by atoms with van der Waals surface area (Å²) in [6.45, 7) is 5.79. The second kappa shape index (κ2) is 6.18. The van der Waals surface area contributed by atoms with Gasteiger partial charge in [-0.15, -0.1) is 11.3 Å². The highest BCUT2D eigenvalue weighted by Crippen LogP contribution is 2.31. The van der Waals surface area contributed by atoms with Gasteiger partial charge in [0.1, 0.15) is 0 Å². The monoisotopic (exact) mass is 266 g/mol. The molecule has 3 heteroatoms. The fourth-order valence-corrected chi connectivity index (χ4v) is 3.85. The summed E-state index contributed by atoms with van der Waals surface area (Å²) in [7, 11) is 2.23. The van der Waals surface area contributed by atoms with E-state index in [9.17, 15) is 0 Å². The number of thiophene rings is 1. The summed E-state index contributed by atoms with van der Waals surface area (Å²) < 4.78 is 0. The topological polar surface area (TPSA) is 29.3 Å². The first-order valence-electron chi connectivity index (χ1n) is 7.07. The van der Waals surface area contributed by atoms with E-state index in [0.717, 1.165) is 12.5 Å². The molecule has 0 radical (unpaired) electrons. The zero-order valence-corrected chi connectivity index (χ0v) is 12.6. The van der Waals surface area contributed by atoms with Gasteiger partial charge in [0.15, 0.2) is 0 Å². The van der Waals surface area contributed by atoms with E-state index in [4.69, 9.17) is 5.73 Å². The summed E-state index contributed by atoms with van der Waals surface area (Å²) in [5.41, 5.74) is 6.28. The second-order valence-corrected chi connectivity index (χ2v) is 6.95. The average molecular weight is 266 g/mol. The van der Waals surface area contributed by atoms with Crippen molar-refractivity contribution in [3.05, 3.63) is 22.4 Å². The van der Waals surface area contributed by atoms with Crippen LogP contribution in [-0.4, -0.2) is 24.5 Å². The molecule has 4 unspecified atom stereocenters. The lowest BCUT2D eigenvalue weighted by Crippen LogP contribution is -2.42. The maximum absolute atomic E-state index is 6.28. The zero-order valence-electron chi connectivity index (χ0n) is 11.8. The Labute approximate surface area is 115 Å². The molecule has 1 heterocycles. The minimum atomic E-state index is 0.402. The Morgan fingerprint density at radius 3 is 2.94 bits per heavy atom. The van der Waals surface area contributed by atoms with Crippen molar-refractivity contribution in [2.24, 2.45) is 17.6 Å². The lowest BCUT2D eigenvalue weighted by molar-refractivity contribution is 0.156. The standard InChI is InChI=1S/C15H26N2S/c1-11-6-7-14(16)13(9-11)10-17(3)12(2)15-5-4-8-18-15/h4-5,8,11-14H,6-7,9-10,16H2,1-3H3. The summed E-state index contributed by atoms with van der Waals surface area (Å²) >= 11 is 1.85. The summed E-state index contributed by atoms with van der Waals surface area (Å²) in [5.74, 6) is 1.52. The molecule has 1 aromatic rings. The predicted molar refractivity (Wildman–Crippen MR) is 79.8 cm³/mol. The van der Waals surface area contributed by atoms with Crippen molar-refractivity contribution in [1.29, 1.82) is 0 Å². The Morgan fingerprint density at radius 1 is 1.50 bits per heavy atom. The lowest BCUT2D eigenvalue weighted by atomic mass is 9.79. The van der Waals surface area contributed by atoms with Crippen LogP contribution in [0.1, 0.15) is 44.0 Å². The first kappa shape index (κ1) is 14.0. The molecular formula is C15H26N2S. The maximum atomic E-state index is 6.28. The molecule has 1 saturated carbocycles. The molecular weight excluding hydrogens is 240 g/mol. The van der Waals surface area contributed by atoms with E-state index in [1.165, 1.54) is 24.1 Å². The van der Waals surface area contributed by atoms with E-state index in [0.29, 0.717) is 18.0 Å². The molecule has 4 atom stereocenters. The van der Waals surface area contributed by atoms with Crippen molar-refractivity contribution in [3.63, 3.8) is 0 Å². The Hall–Kier alpha value is -0.380. The van der Waals surface area contributed by atoms with Gasteiger partial charge in [0.25, 0.3) is 0 Å². The van der Waals surface area contributed by atoms with Crippen LogP contribution in [0, 0.1) is 11.8 Å². The normalized spacial score (nSPS) is 30.6. The Morgan fingerprint density at radius 2 is 2.28 bits per heavy atom. The summed E-state index contributed by atoms with van der Waals surface area (Å²) in [6, 6.07) is 5.28. The number of nitrogens with two attached hydrogens (primary N) is 1.